The van der Waals surface area contributed by atoms with E-state index in [0.717, 1.165) is 0 Å². The lowest BCUT2D eigenvalue weighted by molar-refractivity contribution is 0.666. The molecular weight excluding hydrogens is 607 g/mol. The number of hydrogen-bond acceptors (Lipinski definition) is 0. The Labute approximate surface area is 289 Å². The standard InChI is InChI=1S/C47H33N3/c1-47(2)39-20-10-6-19-36(39)46-45(47)38-29-31(49-40-21-11-7-16-33(40)34-17-8-12-22-41(34)49)24-27-44(38)50(46)32-25-26-43-37(28-32)35-18-9-13-23-42(35)48(43)30-14-4-3-5-15-30/h3-29H,1-2H3. The molecule has 3 nitrogen and oxygen atoms in total. The number of rotatable bonds is 3. The summed E-state index contributed by atoms with van der Waals surface area (Å²) in [6, 6.07) is 60.2. The molecule has 0 fully saturated rings. The van der Waals surface area contributed by atoms with Gasteiger partial charge in [-0.3, -0.25) is 0 Å². The molecule has 0 N–H and O–H groups in total. The lowest BCUT2D eigenvalue weighted by Crippen LogP contribution is -2.14. The molecule has 0 aliphatic heterocycles. The molecule has 3 aromatic heterocycles. The van der Waals surface area contributed by atoms with Gasteiger partial charge in [-0.05, 0) is 77.9 Å². The molecule has 0 radical (unpaired) electrons. The highest BCUT2D eigenvalue weighted by Crippen LogP contribution is 2.54. The molecule has 0 atom stereocenters. The summed E-state index contributed by atoms with van der Waals surface area (Å²) in [6.45, 7) is 4.79. The number of nitrogens with zero attached hydrogens (tertiary/aromatic N) is 3. The van der Waals surface area contributed by atoms with E-state index >= 15 is 0 Å². The van der Waals surface area contributed by atoms with Crippen LogP contribution in [-0.4, -0.2) is 13.7 Å². The Kier molecular flexibility index (Phi) is 5.45. The van der Waals surface area contributed by atoms with E-state index in [2.05, 4.69) is 191 Å². The van der Waals surface area contributed by atoms with E-state index in [9.17, 15) is 0 Å². The summed E-state index contributed by atoms with van der Waals surface area (Å²) in [4.78, 5) is 0. The lowest BCUT2D eigenvalue weighted by atomic mass is 9.81. The Bertz CT molecular complexity index is 2950. The van der Waals surface area contributed by atoms with Crippen LogP contribution in [0.15, 0.2) is 164 Å². The second-order valence-corrected chi connectivity index (χ2v) is 14.2. The van der Waals surface area contributed by atoms with Crippen LogP contribution < -0.4 is 0 Å². The van der Waals surface area contributed by atoms with Crippen molar-refractivity contribution in [2.24, 2.45) is 0 Å². The zero-order chi connectivity index (χ0) is 33.1. The van der Waals surface area contributed by atoms with E-state index in [1.807, 2.05) is 0 Å². The van der Waals surface area contributed by atoms with Gasteiger partial charge < -0.3 is 13.7 Å². The third kappa shape index (κ3) is 3.54. The smallest absolute Gasteiger partial charge is 0.0585 e. The van der Waals surface area contributed by atoms with Crippen LogP contribution in [-0.2, 0) is 5.41 Å². The average Bonchev–Trinajstić information content (AvgIpc) is 3.86. The third-order valence-corrected chi connectivity index (χ3v) is 11.2. The molecule has 50 heavy (non-hydrogen) atoms. The van der Waals surface area contributed by atoms with Crippen LogP contribution in [0.2, 0.25) is 0 Å². The minimum absolute atomic E-state index is 0.164. The summed E-state index contributed by atoms with van der Waals surface area (Å²) < 4.78 is 7.36. The fourth-order valence-electron chi connectivity index (χ4n) is 9.10. The molecule has 3 heterocycles. The fraction of sp³-hybridized carbons (Fsp3) is 0.0638. The van der Waals surface area contributed by atoms with Crippen molar-refractivity contribution in [3.8, 4) is 28.3 Å². The largest absolute Gasteiger partial charge is 0.309 e. The Morgan fingerprint density at radius 2 is 0.820 bits per heavy atom. The third-order valence-electron chi connectivity index (χ3n) is 11.2. The molecule has 0 saturated heterocycles. The lowest BCUT2D eigenvalue weighted by Gasteiger charge is -2.21. The second-order valence-electron chi connectivity index (χ2n) is 14.2. The monoisotopic (exact) mass is 639 g/mol. The molecular formula is C47H33N3. The molecule has 7 aromatic carbocycles. The molecule has 0 bridgehead atoms. The summed E-state index contributed by atoms with van der Waals surface area (Å²) in [5.74, 6) is 0. The molecule has 0 unspecified atom stereocenters. The maximum atomic E-state index is 2.53. The topological polar surface area (TPSA) is 14.8 Å². The van der Waals surface area contributed by atoms with E-state index in [0.29, 0.717) is 0 Å². The van der Waals surface area contributed by atoms with Gasteiger partial charge in [-0.1, -0.05) is 111 Å². The van der Waals surface area contributed by atoms with Crippen molar-refractivity contribution in [3.63, 3.8) is 0 Å². The summed E-state index contributed by atoms with van der Waals surface area (Å²) in [5, 5.41) is 6.37. The molecule has 1 aliphatic carbocycles. The van der Waals surface area contributed by atoms with E-state index in [1.165, 1.54) is 94.0 Å². The SMILES string of the molecule is CC1(C)c2ccccc2-c2c1c1cc(-n3c4ccccc4c4ccccc43)ccc1n2-c1ccc2c(c1)c1ccccc1n2-c1ccccc1. The highest BCUT2D eigenvalue weighted by molar-refractivity contribution is 6.11. The minimum Gasteiger partial charge on any atom is -0.309 e. The molecule has 0 amide bonds. The maximum Gasteiger partial charge on any atom is 0.0585 e. The molecule has 3 heteroatoms. The van der Waals surface area contributed by atoms with Crippen molar-refractivity contribution in [2.45, 2.75) is 19.3 Å². The predicted molar refractivity (Wildman–Crippen MR) is 210 cm³/mol. The number of fused-ring (bicyclic) bond motifs is 11. The Morgan fingerprint density at radius 1 is 0.360 bits per heavy atom. The highest BCUT2D eigenvalue weighted by atomic mass is 15.0. The van der Waals surface area contributed by atoms with Crippen molar-refractivity contribution in [3.05, 3.63) is 175 Å². The Balaban J connectivity index is 1.23. The number of hydrogen-bond donors (Lipinski definition) is 0. The molecule has 11 rings (SSSR count). The average molecular weight is 640 g/mol. The van der Waals surface area contributed by atoms with Crippen LogP contribution in [0.25, 0.3) is 82.8 Å². The molecule has 0 saturated carbocycles. The normalized spacial score (nSPS) is 13.6. The summed E-state index contributed by atoms with van der Waals surface area (Å²) in [5.41, 5.74) is 14.9. The number of para-hydroxylation sites is 4. The van der Waals surface area contributed by atoms with E-state index in [4.69, 9.17) is 0 Å². The summed E-state index contributed by atoms with van der Waals surface area (Å²) >= 11 is 0. The Morgan fingerprint density at radius 3 is 1.48 bits per heavy atom. The summed E-state index contributed by atoms with van der Waals surface area (Å²) in [6.07, 6.45) is 0. The first-order valence-electron chi connectivity index (χ1n) is 17.5. The first kappa shape index (κ1) is 27.6. The molecule has 10 aromatic rings. The number of aromatic nitrogens is 3. The van der Waals surface area contributed by atoms with E-state index < -0.39 is 0 Å². The van der Waals surface area contributed by atoms with Crippen LogP contribution in [0.5, 0.6) is 0 Å². The fourth-order valence-corrected chi connectivity index (χ4v) is 9.10. The molecule has 1 aliphatic rings. The van der Waals surface area contributed by atoms with Crippen molar-refractivity contribution in [1.82, 2.24) is 13.7 Å². The van der Waals surface area contributed by atoms with Gasteiger partial charge in [-0.2, -0.15) is 0 Å². The number of benzene rings is 7. The molecule has 236 valence electrons. The zero-order valence-electron chi connectivity index (χ0n) is 27.9. The zero-order valence-corrected chi connectivity index (χ0v) is 27.9. The van der Waals surface area contributed by atoms with Crippen LogP contribution in [0.3, 0.4) is 0 Å². The van der Waals surface area contributed by atoms with E-state index in [-0.39, 0.29) is 5.41 Å². The van der Waals surface area contributed by atoms with E-state index in [1.54, 1.807) is 0 Å². The van der Waals surface area contributed by atoms with Crippen LogP contribution in [0, 0.1) is 0 Å². The van der Waals surface area contributed by atoms with Gasteiger partial charge in [0.25, 0.3) is 0 Å². The van der Waals surface area contributed by atoms with Gasteiger partial charge in [-0.15, -0.1) is 0 Å². The quantitative estimate of drug-likeness (QED) is 0.183. The van der Waals surface area contributed by atoms with Crippen LogP contribution in [0.4, 0.5) is 0 Å². The molecule has 0 spiro atoms. The highest BCUT2D eigenvalue weighted by Gasteiger charge is 2.40. The Hall–Kier alpha value is -6.32. The van der Waals surface area contributed by atoms with Crippen LogP contribution in [0.1, 0.15) is 25.0 Å². The van der Waals surface area contributed by atoms with Gasteiger partial charge in [0, 0.05) is 55.0 Å². The van der Waals surface area contributed by atoms with Gasteiger partial charge in [0.2, 0.25) is 0 Å². The predicted octanol–water partition coefficient (Wildman–Crippen LogP) is 12.1. The summed E-state index contributed by atoms with van der Waals surface area (Å²) in [7, 11) is 0. The first-order chi connectivity index (χ1) is 24.6. The van der Waals surface area contributed by atoms with Crippen molar-refractivity contribution in [1.29, 1.82) is 0 Å². The van der Waals surface area contributed by atoms with Gasteiger partial charge in [0.1, 0.15) is 0 Å². The van der Waals surface area contributed by atoms with Crippen LogP contribution >= 0.6 is 0 Å². The van der Waals surface area contributed by atoms with Gasteiger partial charge in [0.15, 0.2) is 0 Å². The maximum absolute atomic E-state index is 2.53. The van der Waals surface area contributed by atoms with Gasteiger partial charge in [0.05, 0.1) is 33.3 Å². The van der Waals surface area contributed by atoms with Crippen molar-refractivity contribution >= 4 is 54.5 Å². The second kappa shape index (κ2) is 9.87. The van der Waals surface area contributed by atoms with Crippen molar-refractivity contribution < 1.29 is 0 Å². The minimum atomic E-state index is -0.164. The first-order valence-corrected chi connectivity index (χ1v) is 17.5. The van der Waals surface area contributed by atoms with Gasteiger partial charge in [-0.25, -0.2) is 0 Å². The van der Waals surface area contributed by atoms with Crippen molar-refractivity contribution in [2.75, 3.05) is 0 Å². The van der Waals surface area contributed by atoms with Gasteiger partial charge >= 0.3 is 0 Å².